The largest absolute Gasteiger partial charge is 0.480 e. The van der Waals surface area contributed by atoms with Crippen LogP contribution in [0, 0.1) is 0 Å². The molecule has 0 amide bonds. The standard InChI is InChI=1S/C10H19NO3/c1-8(7-12)11-6-4-2-3-5-9(11)10(13)14/h8-9,12H,2-7H2,1H3,(H,13,14). The minimum Gasteiger partial charge on any atom is -0.480 e. The molecule has 0 aromatic heterocycles. The third kappa shape index (κ3) is 2.69. The van der Waals surface area contributed by atoms with Gasteiger partial charge in [0.15, 0.2) is 0 Å². The maximum atomic E-state index is 11.0. The van der Waals surface area contributed by atoms with Crippen molar-refractivity contribution in [3.05, 3.63) is 0 Å². The highest BCUT2D eigenvalue weighted by Crippen LogP contribution is 2.19. The van der Waals surface area contributed by atoms with Gasteiger partial charge in [0.05, 0.1) is 6.61 Å². The summed E-state index contributed by atoms with van der Waals surface area (Å²) in [5.74, 6) is -0.757. The van der Waals surface area contributed by atoms with Crippen LogP contribution in [0.1, 0.15) is 32.6 Å². The lowest BCUT2D eigenvalue weighted by molar-refractivity contribution is -0.144. The molecule has 1 aliphatic heterocycles. The van der Waals surface area contributed by atoms with E-state index >= 15 is 0 Å². The Morgan fingerprint density at radius 2 is 2.21 bits per heavy atom. The summed E-state index contributed by atoms with van der Waals surface area (Å²) in [7, 11) is 0. The summed E-state index contributed by atoms with van der Waals surface area (Å²) < 4.78 is 0. The zero-order valence-corrected chi connectivity index (χ0v) is 8.65. The van der Waals surface area contributed by atoms with Crippen molar-refractivity contribution in [3.63, 3.8) is 0 Å². The van der Waals surface area contributed by atoms with Gasteiger partial charge in [-0.05, 0) is 26.3 Å². The van der Waals surface area contributed by atoms with E-state index in [9.17, 15) is 4.79 Å². The molecule has 0 spiro atoms. The van der Waals surface area contributed by atoms with Crippen LogP contribution in [0.2, 0.25) is 0 Å². The fourth-order valence-corrected chi connectivity index (χ4v) is 2.03. The second-order valence-electron chi connectivity index (χ2n) is 3.97. The maximum absolute atomic E-state index is 11.0. The van der Waals surface area contributed by atoms with Gasteiger partial charge in [-0.15, -0.1) is 0 Å². The Morgan fingerprint density at radius 1 is 1.50 bits per heavy atom. The minimum atomic E-state index is -0.757. The van der Waals surface area contributed by atoms with Crippen LogP contribution in [0.3, 0.4) is 0 Å². The number of aliphatic hydroxyl groups is 1. The molecule has 0 bridgehead atoms. The van der Waals surface area contributed by atoms with Gasteiger partial charge in [-0.2, -0.15) is 0 Å². The molecule has 1 aliphatic rings. The first kappa shape index (κ1) is 11.5. The fraction of sp³-hybridized carbons (Fsp3) is 0.900. The van der Waals surface area contributed by atoms with Crippen molar-refractivity contribution in [3.8, 4) is 0 Å². The lowest BCUT2D eigenvalue weighted by atomic mass is 10.1. The predicted molar refractivity (Wildman–Crippen MR) is 53.1 cm³/mol. The Bertz CT molecular complexity index is 196. The molecule has 2 N–H and O–H groups in total. The number of likely N-dealkylation sites (tertiary alicyclic amines) is 1. The van der Waals surface area contributed by atoms with Gasteiger partial charge in [-0.3, -0.25) is 9.69 Å². The number of aliphatic hydroxyl groups excluding tert-OH is 1. The number of carbonyl (C=O) groups is 1. The van der Waals surface area contributed by atoms with Crippen molar-refractivity contribution in [2.75, 3.05) is 13.2 Å². The predicted octanol–water partition coefficient (Wildman–Crippen LogP) is 0.696. The molecule has 0 radical (unpaired) electrons. The normalized spacial score (nSPS) is 26.9. The molecule has 0 aromatic rings. The Hall–Kier alpha value is -0.610. The topological polar surface area (TPSA) is 60.8 Å². The van der Waals surface area contributed by atoms with E-state index in [1.165, 1.54) is 0 Å². The van der Waals surface area contributed by atoms with E-state index in [0.717, 1.165) is 25.8 Å². The van der Waals surface area contributed by atoms with Gasteiger partial charge < -0.3 is 10.2 Å². The van der Waals surface area contributed by atoms with Crippen LogP contribution < -0.4 is 0 Å². The summed E-state index contributed by atoms with van der Waals surface area (Å²) in [5, 5.41) is 18.1. The van der Waals surface area contributed by atoms with Gasteiger partial charge in [0.1, 0.15) is 6.04 Å². The number of carboxylic acids is 1. The number of rotatable bonds is 3. The molecule has 14 heavy (non-hydrogen) atoms. The zero-order valence-electron chi connectivity index (χ0n) is 8.65. The Kier molecular flexibility index (Phi) is 4.35. The average Bonchev–Trinajstić information content (AvgIpc) is 2.41. The summed E-state index contributed by atoms with van der Waals surface area (Å²) in [4.78, 5) is 12.9. The average molecular weight is 201 g/mol. The third-order valence-corrected chi connectivity index (χ3v) is 2.91. The van der Waals surface area contributed by atoms with Crippen molar-refractivity contribution < 1.29 is 15.0 Å². The molecule has 1 fully saturated rings. The smallest absolute Gasteiger partial charge is 0.320 e. The van der Waals surface area contributed by atoms with E-state index in [0.29, 0.717) is 6.42 Å². The number of aliphatic carboxylic acids is 1. The lowest BCUT2D eigenvalue weighted by Crippen LogP contribution is -2.47. The van der Waals surface area contributed by atoms with Gasteiger partial charge in [0.25, 0.3) is 0 Å². The van der Waals surface area contributed by atoms with E-state index in [1.807, 2.05) is 11.8 Å². The van der Waals surface area contributed by atoms with Gasteiger partial charge >= 0.3 is 5.97 Å². The quantitative estimate of drug-likeness (QED) is 0.705. The summed E-state index contributed by atoms with van der Waals surface area (Å²) in [6, 6.07) is -0.450. The number of hydrogen-bond acceptors (Lipinski definition) is 3. The summed E-state index contributed by atoms with van der Waals surface area (Å²) >= 11 is 0. The SMILES string of the molecule is CC(CO)N1CCCCCC1C(=O)O. The fourth-order valence-electron chi connectivity index (χ4n) is 2.03. The number of hydrogen-bond donors (Lipinski definition) is 2. The number of carboxylic acid groups (broad SMARTS) is 1. The van der Waals surface area contributed by atoms with Crippen molar-refractivity contribution >= 4 is 5.97 Å². The van der Waals surface area contributed by atoms with Crippen molar-refractivity contribution in [1.29, 1.82) is 0 Å². The second kappa shape index (κ2) is 5.32. The Balaban J connectivity index is 2.68. The van der Waals surface area contributed by atoms with E-state index in [2.05, 4.69) is 0 Å². The molecular formula is C10H19NO3. The van der Waals surface area contributed by atoms with E-state index in [-0.39, 0.29) is 12.6 Å². The van der Waals surface area contributed by atoms with Crippen molar-refractivity contribution in [2.24, 2.45) is 0 Å². The second-order valence-corrected chi connectivity index (χ2v) is 3.97. The summed E-state index contributed by atoms with van der Waals surface area (Å²) in [6.45, 7) is 2.70. The van der Waals surface area contributed by atoms with E-state index < -0.39 is 12.0 Å². The van der Waals surface area contributed by atoms with Crippen LogP contribution in [0.5, 0.6) is 0 Å². The van der Waals surface area contributed by atoms with Crippen LogP contribution >= 0.6 is 0 Å². The highest BCUT2D eigenvalue weighted by atomic mass is 16.4. The molecule has 4 nitrogen and oxygen atoms in total. The van der Waals surface area contributed by atoms with Crippen LogP contribution in [0.15, 0.2) is 0 Å². The lowest BCUT2D eigenvalue weighted by Gasteiger charge is -2.31. The highest BCUT2D eigenvalue weighted by molar-refractivity contribution is 5.73. The van der Waals surface area contributed by atoms with Crippen LogP contribution in [0.25, 0.3) is 0 Å². The van der Waals surface area contributed by atoms with E-state index in [4.69, 9.17) is 10.2 Å². The van der Waals surface area contributed by atoms with Crippen LogP contribution in [-0.2, 0) is 4.79 Å². The number of nitrogens with zero attached hydrogens (tertiary/aromatic N) is 1. The molecular weight excluding hydrogens is 182 g/mol. The molecule has 2 atom stereocenters. The molecule has 1 rings (SSSR count). The Morgan fingerprint density at radius 3 is 2.79 bits per heavy atom. The molecule has 2 unspecified atom stereocenters. The van der Waals surface area contributed by atoms with Crippen molar-refractivity contribution in [1.82, 2.24) is 4.90 Å². The molecule has 82 valence electrons. The molecule has 1 heterocycles. The first-order valence-corrected chi connectivity index (χ1v) is 5.26. The third-order valence-electron chi connectivity index (χ3n) is 2.91. The van der Waals surface area contributed by atoms with Crippen molar-refractivity contribution in [2.45, 2.75) is 44.7 Å². The van der Waals surface area contributed by atoms with Gasteiger partial charge in [-0.1, -0.05) is 12.8 Å². The minimum absolute atomic E-state index is 0.0315. The monoisotopic (exact) mass is 201 g/mol. The first-order chi connectivity index (χ1) is 6.66. The zero-order chi connectivity index (χ0) is 10.6. The first-order valence-electron chi connectivity index (χ1n) is 5.26. The van der Waals surface area contributed by atoms with Gasteiger partial charge in [-0.25, -0.2) is 0 Å². The molecule has 0 saturated carbocycles. The molecule has 0 aliphatic carbocycles. The summed E-state index contributed by atoms with van der Waals surface area (Å²) in [6.07, 6.45) is 3.82. The molecule has 0 aromatic carbocycles. The van der Waals surface area contributed by atoms with E-state index in [1.54, 1.807) is 0 Å². The van der Waals surface area contributed by atoms with Crippen LogP contribution in [0.4, 0.5) is 0 Å². The highest BCUT2D eigenvalue weighted by Gasteiger charge is 2.29. The van der Waals surface area contributed by atoms with Gasteiger partial charge in [0, 0.05) is 6.04 Å². The molecule has 4 heteroatoms. The van der Waals surface area contributed by atoms with Gasteiger partial charge in [0.2, 0.25) is 0 Å². The maximum Gasteiger partial charge on any atom is 0.320 e. The summed E-state index contributed by atoms with van der Waals surface area (Å²) in [5.41, 5.74) is 0. The molecule has 1 saturated heterocycles. The Labute approximate surface area is 84.5 Å². The van der Waals surface area contributed by atoms with Crippen LogP contribution in [-0.4, -0.2) is 46.3 Å².